The molecule has 3 amide bonds. The molecule has 1 aromatic carbocycles. The number of imidazole rings is 2. The summed E-state index contributed by atoms with van der Waals surface area (Å²) in [7, 11) is 2.03. The van der Waals surface area contributed by atoms with E-state index >= 15 is 0 Å². The van der Waals surface area contributed by atoms with Gasteiger partial charge in [-0.3, -0.25) is 9.59 Å². The molecule has 16 nitrogen and oxygen atoms in total. The summed E-state index contributed by atoms with van der Waals surface area (Å²) in [5, 5.41) is 20.8. The smallest absolute Gasteiger partial charge is 0.410 e. The van der Waals surface area contributed by atoms with Crippen molar-refractivity contribution in [1.29, 1.82) is 0 Å². The number of nitrogens with two attached hydrogens (primary N) is 2. The van der Waals surface area contributed by atoms with E-state index in [2.05, 4.69) is 69.2 Å². The van der Waals surface area contributed by atoms with Crippen molar-refractivity contribution in [1.82, 2.24) is 39.0 Å². The first-order valence-corrected chi connectivity index (χ1v) is 18.1. The van der Waals surface area contributed by atoms with E-state index in [9.17, 15) is 14.4 Å². The predicted molar refractivity (Wildman–Crippen MR) is 201 cm³/mol. The molecule has 0 saturated carbocycles. The number of rotatable bonds is 6. The number of likely N-dealkylation sites (tertiary alicyclic amines) is 2. The van der Waals surface area contributed by atoms with Crippen LogP contribution in [0.2, 0.25) is 5.02 Å². The van der Waals surface area contributed by atoms with Crippen molar-refractivity contribution in [2.45, 2.75) is 32.6 Å². The molecule has 4 aromatic heterocycles. The number of likely N-dealkylation sites (N-methyl/N-ethyl adjacent to an activating group) is 1. The zero-order valence-corrected chi connectivity index (χ0v) is 32.4. The van der Waals surface area contributed by atoms with Crippen molar-refractivity contribution >= 4 is 78.4 Å². The number of anilines is 1. The normalized spacial score (nSPS) is 19.9. The van der Waals surface area contributed by atoms with Crippen LogP contribution in [-0.4, -0.2) is 107 Å². The van der Waals surface area contributed by atoms with Crippen LogP contribution in [0.15, 0.2) is 64.3 Å². The highest BCUT2D eigenvalue weighted by molar-refractivity contribution is 9.10. The van der Waals surface area contributed by atoms with Crippen LogP contribution in [0.3, 0.4) is 0 Å². The van der Waals surface area contributed by atoms with Gasteiger partial charge in [0.25, 0.3) is 11.8 Å². The van der Waals surface area contributed by atoms with Crippen LogP contribution in [0, 0.1) is 11.8 Å². The number of β-amino-alcohol motifs (C(OH)–C–C–N with tert-alkyl or cyclic N) is 1. The van der Waals surface area contributed by atoms with Crippen molar-refractivity contribution < 1.29 is 24.2 Å². The molecular formula is C33H38Br2ClN11O5. The Morgan fingerprint density at radius 3 is 2.06 bits per heavy atom. The van der Waals surface area contributed by atoms with Gasteiger partial charge >= 0.3 is 6.09 Å². The highest BCUT2D eigenvalue weighted by atomic mass is 79.9. The minimum Gasteiger partial charge on any atom is -0.445 e. The van der Waals surface area contributed by atoms with E-state index in [1.165, 1.54) is 16.9 Å². The molecule has 0 bridgehead atoms. The Morgan fingerprint density at radius 1 is 0.904 bits per heavy atom. The Hall–Kier alpha value is -4.36. The zero-order valence-electron chi connectivity index (χ0n) is 28.5. The molecule has 2 aliphatic rings. The largest absolute Gasteiger partial charge is 0.445 e. The highest BCUT2D eigenvalue weighted by Gasteiger charge is 2.34. The average Bonchev–Trinajstić information content (AvgIpc) is 3.85. The van der Waals surface area contributed by atoms with E-state index in [0.29, 0.717) is 45.2 Å². The summed E-state index contributed by atoms with van der Waals surface area (Å²) in [5.74, 6) is -0.623. The molecule has 6 heterocycles. The van der Waals surface area contributed by atoms with Crippen molar-refractivity contribution in [3.63, 3.8) is 0 Å². The molecule has 0 spiro atoms. The van der Waals surface area contributed by atoms with Gasteiger partial charge in [0.15, 0.2) is 11.3 Å². The number of hydrogen-bond donors (Lipinski definition) is 4. The molecule has 4 atom stereocenters. The minimum absolute atomic E-state index is 0.0833. The predicted octanol–water partition coefficient (Wildman–Crippen LogP) is 3.83. The number of fused-ring (bicyclic) bond motifs is 2. The highest BCUT2D eigenvalue weighted by Crippen LogP contribution is 2.28. The van der Waals surface area contributed by atoms with E-state index < -0.39 is 11.8 Å². The van der Waals surface area contributed by atoms with Gasteiger partial charge in [-0.05, 0) is 56.3 Å². The Morgan fingerprint density at radius 2 is 1.50 bits per heavy atom. The molecule has 2 fully saturated rings. The number of aliphatic hydroxyl groups excluding tert-OH is 1. The van der Waals surface area contributed by atoms with Crippen LogP contribution in [0.25, 0.3) is 11.3 Å². The summed E-state index contributed by atoms with van der Waals surface area (Å²) in [5.41, 5.74) is 13.4. The Labute approximate surface area is 320 Å². The molecule has 2 aliphatic heterocycles. The van der Waals surface area contributed by atoms with Gasteiger partial charge in [-0.15, -0.1) is 0 Å². The summed E-state index contributed by atoms with van der Waals surface area (Å²) in [6.45, 7) is 7.20. The number of benzene rings is 1. The Bertz CT molecular complexity index is 2050. The van der Waals surface area contributed by atoms with E-state index in [0.717, 1.165) is 18.7 Å². The number of carbonyl (C=O) groups excluding carboxylic acids is 3. The molecule has 0 aliphatic carbocycles. The summed E-state index contributed by atoms with van der Waals surface area (Å²) >= 11 is 12.4. The summed E-state index contributed by atoms with van der Waals surface area (Å²) < 4.78 is 9.64. The van der Waals surface area contributed by atoms with Gasteiger partial charge in [0, 0.05) is 32.2 Å². The SMILES string of the molecule is C[C@H]1CN(C(=O)OCc2ccccc2)C[C@H]1Nc1c(C(N)=O)cnn2cc(Br)nc12.C[C@H]1CN(C)C[C@H]1O.NC(=O)c1cnn2cc(Br)nc2c1Cl. The fourth-order valence-corrected chi connectivity index (χ4v) is 6.77. The molecule has 6 N–H and O–H groups in total. The first kappa shape index (κ1) is 38.9. The number of nitrogens with one attached hydrogen (secondary N) is 1. The standard InChI is InChI=1S/C20H21BrN6O3.C7H4BrClN4O.C6H13NO/c1-12-8-26(20(29)30-11-13-5-3-2-4-6-13)9-15(12)24-17-14(18(22)28)7-23-27-10-16(21)25-19(17)27;8-4-2-13-7(12-4)5(9)3(1-11-13)6(10)14;1-5-3-7(2)4-6(5)8/h2-7,10,12,15,24H,8-9,11H2,1H3,(H2,22,28);1-2H,(H2,10,14);5-6,8H,3-4H2,1-2H3/t12-,15+;;5-,6+/m0.0/s1. The van der Waals surface area contributed by atoms with Gasteiger partial charge < -0.3 is 36.4 Å². The van der Waals surface area contributed by atoms with Crippen LogP contribution >= 0.6 is 43.5 Å². The van der Waals surface area contributed by atoms with E-state index in [1.54, 1.807) is 21.8 Å². The number of amides is 3. The molecule has 0 unspecified atom stereocenters. The molecular weight excluding hydrogens is 826 g/mol. The third kappa shape index (κ3) is 9.35. The van der Waals surface area contributed by atoms with Crippen molar-refractivity contribution in [3.05, 3.63) is 86.0 Å². The second-order valence-corrected chi connectivity index (χ2v) is 14.6. The molecule has 2 saturated heterocycles. The van der Waals surface area contributed by atoms with E-state index in [1.807, 2.05) is 44.3 Å². The molecule has 0 radical (unpaired) electrons. The van der Waals surface area contributed by atoms with Crippen LogP contribution in [0.5, 0.6) is 0 Å². The van der Waals surface area contributed by atoms with Gasteiger partial charge in [0.1, 0.15) is 15.8 Å². The summed E-state index contributed by atoms with van der Waals surface area (Å²) in [4.78, 5) is 47.6. The molecule has 52 heavy (non-hydrogen) atoms. The number of aliphatic hydroxyl groups is 1. The average molecular weight is 864 g/mol. The summed E-state index contributed by atoms with van der Waals surface area (Å²) in [6, 6.07) is 9.44. The van der Waals surface area contributed by atoms with Gasteiger partial charge in [-0.1, -0.05) is 55.8 Å². The van der Waals surface area contributed by atoms with Gasteiger partial charge in [-0.2, -0.15) is 10.2 Å². The lowest BCUT2D eigenvalue weighted by molar-refractivity contribution is 0.0991. The first-order valence-electron chi connectivity index (χ1n) is 16.1. The molecule has 19 heteroatoms. The topological polar surface area (TPSA) is 212 Å². The maximum Gasteiger partial charge on any atom is 0.410 e. The zero-order chi connectivity index (χ0) is 37.7. The third-order valence-corrected chi connectivity index (χ3v) is 9.69. The Balaban J connectivity index is 0.000000194. The number of ether oxygens (including phenoxy) is 1. The number of hydrogen-bond acceptors (Lipinski definition) is 11. The number of nitrogens with zero attached hydrogens (tertiary/aromatic N) is 8. The maximum atomic E-state index is 12.5. The van der Waals surface area contributed by atoms with Gasteiger partial charge in [0.05, 0.1) is 52.7 Å². The van der Waals surface area contributed by atoms with Crippen molar-refractivity contribution in [3.8, 4) is 0 Å². The lowest BCUT2D eigenvalue weighted by Gasteiger charge is -2.20. The second-order valence-electron chi connectivity index (χ2n) is 12.6. The molecule has 7 rings (SSSR count). The van der Waals surface area contributed by atoms with Crippen LogP contribution in [0.4, 0.5) is 10.5 Å². The van der Waals surface area contributed by atoms with Crippen LogP contribution in [0.1, 0.15) is 40.1 Å². The number of primary amides is 2. The lowest BCUT2D eigenvalue weighted by Crippen LogP contribution is -2.33. The van der Waals surface area contributed by atoms with Crippen molar-refractivity contribution in [2.24, 2.45) is 23.3 Å². The third-order valence-electron chi connectivity index (χ3n) is 8.56. The van der Waals surface area contributed by atoms with Crippen molar-refractivity contribution in [2.75, 3.05) is 38.5 Å². The first-order chi connectivity index (χ1) is 24.7. The van der Waals surface area contributed by atoms with E-state index in [-0.39, 0.29) is 46.9 Å². The van der Waals surface area contributed by atoms with Crippen LogP contribution < -0.4 is 16.8 Å². The quantitative estimate of drug-likeness (QED) is 0.193. The maximum absolute atomic E-state index is 12.5. The fourth-order valence-electron chi connectivity index (χ4n) is 5.77. The fraction of sp³-hybridized carbons (Fsp3) is 0.364. The van der Waals surface area contributed by atoms with Gasteiger partial charge in [0.2, 0.25) is 0 Å². The summed E-state index contributed by atoms with van der Waals surface area (Å²) in [6.07, 6.45) is 5.60. The second kappa shape index (κ2) is 17.0. The van der Waals surface area contributed by atoms with E-state index in [4.69, 9.17) is 32.9 Å². The number of aromatic nitrogens is 6. The lowest BCUT2D eigenvalue weighted by atomic mass is 10.1. The number of carbonyl (C=O) groups is 3. The van der Waals surface area contributed by atoms with Gasteiger partial charge in [-0.25, -0.2) is 23.8 Å². The Kier molecular flexibility index (Phi) is 12.7. The minimum atomic E-state index is -0.621. The number of halogens is 3. The van der Waals surface area contributed by atoms with Crippen LogP contribution in [-0.2, 0) is 11.3 Å². The molecule has 276 valence electrons. The molecule has 5 aromatic rings. The monoisotopic (exact) mass is 861 g/mol.